The Labute approximate surface area is 164 Å². The second-order valence-electron chi connectivity index (χ2n) is 7.83. The van der Waals surface area contributed by atoms with Crippen molar-refractivity contribution in [1.29, 1.82) is 0 Å². The van der Waals surface area contributed by atoms with Gasteiger partial charge in [0, 0.05) is 5.92 Å². The van der Waals surface area contributed by atoms with E-state index < -0.39 is 0 Å². The maximum atomic E-state index is 12.3. The number of allylic oxidation sites excluding steroid dienone is 2. The normalized spacial score (nSPS) is 17.0. The number of hydrogen-bond donors (Lipinski definition) is 0. The Kier molecular flexibility index (Phi) is 7.04. The fraction of sp³-hybridized carbons (Fsp3) is 0.423. The lowest BCUT2D eigenvalue weighted by molar-refractivity contribution is -0.118. The number of aryl methyl sites for hydroxylation is 1. The van der Waals surface area contributed by atoms with Crippen LogP contribution in [-0.4, -0.2) is 5.78 Å². The van der Waals surface area contributed by atoms with E-state index in [-0.39, 0.29) is 5.92 Å². The molecular weight excluding hydrogens is 328 g/mol. The lowest BCUT2D eigenvalue weighted by atomic mass is 9.83. The van der Waals surface area contributed by atoms with Crippen LogP contribution in [0.25, 0.3) is 16.7 Å². The summed E-state index contributed by atoms with van der Waals surface area (Å²) in [5, 5.41) is 0. The molecular formula is C26H32O. The van der Waals surface area contributed by atoms with Gasteiger partial charge in [-0.15, -0.1) is 0 Å². The molecule has 0 unspecified atom stereocenters. The van der Waals surface area contributed by atoms with Gasteiger partial charge in [-0.2, -0.15) is 0 Å². The summed E-state index contributed by atoms with van der Waals surface area (Å²) in [6, 6.07) is 17.7. The third kappa shape index (κ3) is 5.19. The molecule has 0 saturated carbocycles. The first kappa shape index (κ1) is 19.6. The zero-order chi connectivity index (χ0) is 19.1. The number of carbonyl (C=O) groups is 1. The number of rotatable bonds is 8. The first-order chi connectivity index (χ1) is 13.2. The van der Waals surface area contributed by atoms with Gasteiger partial charge in [-0.05, 0) is 66.0 Å². The van der Waals surface area contributed by atoms with E-state index in [9.17, 15) is 4.79 Å². The Morgan fingerprint density at radius 1 is 0.815 bits per heavy atom. The van der Waals surface area contributed by atoms with Gasteiger partial charge in [0.25, 0.3) is 0 Å². The molecule has 0 N–H and O–H groups in total. The third-order valence-electron chi connectivity index (χ3n) is 5.73. The topological polar surface area (TPSA) is 17.1 Å². The summed E-state index contributed by atoms with van der Waals surface area (Å²) >= 11 is 0. The van der Waals surface area contributed by atoms with E-state index in [4.69, 9.17) is 0 Å². The van der Waals surface area contributed by atoms with Crippen LogP contribution < -0.4 is 0 Å². The zero-order valence-corrected chi connectivity index (χ0v) is 16.8. The Morgan fingerprint density at radius 3 is 2.04 bits per heavy atom. The smallest absolute Gasteiger partial charge is 0.159 e. The highest BCUT2D eigenvalue weighted by atomic mass is 16.1. The van der Waals surface area contributed by atoms with Crippen molar-refractivity contribution in [3.63, 3.8) is 0 Å². The van der Waals surface area contributed by atoms with Crippen molar-refractivity contribution < 1.29 is 4.79 Å². The van der Waals surface area contributed by atoms with Crippen LogP contribution in [0.1, 0.15) is 69.9 Å². The monoisotopic (exact) mass is 360 g/mol. The van der Waals surface area contributed by atoms with Gasteiger partial charge in [-0.25, -0.2) is 0 Å². The lowest BCUT2D eigenvalue weighted by Crippen LogP contribution is -2.16. The van der Waals surface area contributed by atoms with Gasteiger partial charge in [0.2, 0.25) is 0 Å². The maximum absolute atomic E-state index is 12.3. The molecule has 0 aromatic heterocycles. The minimum absolute atomic E-state index is 0.244. The summed E-state index contributed by atoms with van der Waals surface area (Å²) in [6.07, 6.45) is 11.0. The molecule has 0 amide bonds. The highest BCUT2D eigenvalue weighted by molar-refractivity contribution is 6.00. The molecule has 1 atom stereocenters. The van der Waals surface area contributed by atoms with E-state index in [0.29, 0.717) is 5.78 Å². The quantitative estimate of drug-likeness (QED) is 0.453. The molecule has 2 aromatic carbocycles. The molecule has 1 nitrogen and oxygen atoms in total. The number of hydrogen-bond acceptors (Lipinski definition) is 1. The largest absolute Gasteiger partial charge is 0.295 e. The van der Waals surface area contributed by atoms with Crippen LogP contribution in [0.2, 0.25) is 0 Å². The summed E-state index contributed by atoms with van der Waals surface area (Å²) in [6.45, 7) is 4.40. The molecule has 0 saturated heterocycles. The molecule has 142 valence electrons. The van der Waals surface area contributed by atoms with E-state index in [0.717, 1.165) is 25.7 Å². The zero-order valence-electron chi connectivity index (χ0n) is 16.8. The number of carbonyl (C=O) groups excluding carboxylic acids is 1. The summed E-state index contributed by atoms with van der Waals surface area (Å²) in [5.74, 6) is 0.565. The molecule has 0 heterocycles. The van der Waals surface area contributed by atoms with E-state index >= 15 is 0 Å². The van der Waals surface area contributed by atoms with Crippen molar-refractivity contribution >= 4 is 11.4 Å². The van der Waals surface area contributed by atoms with E-state index in [1.165, 1.54) is 53.5 Å². The highest BCUT2D eigenvalue weighted by Gasteiger charge is 2.21. The van der Waals surface area contributed by atoms with Crippen LogP contribution in [0, 0.1) is 5.92 Å². The Morgan fingerprint density at radius 2 is 1.44 bits per heavy atom. The average Bonchev–Trinajstić information content (AvgIpc) is 2.71. The highest BCUT2D eigenvalue weighted by Crippen LogP contribution is 2.31. The second-order valence-corrected chi connectivity index (χ2v) is 7.83. The van der Waals surface area contributed by atoms with Crippen molar-refractivity contribution in [2.75, 3.05) is 0 Å². The number of ketones is 1. The first-order valence-electron chi connectivity index (χ1n) is 10.7. The molecule has 0 bridgehead atoms. The SMILES string of the molecule is CCCCCc1ccc(-c2ccc(C3=CC(=O)[C@H](CCC)CC3)cc2)cc1. The summed E-state index contributed by atoms with van der Waals surface area (Å²) in [4.78, 5) is 12.3. The fourth-order valence-corrected chi connectivity index (χ4v) is 4.02. The molecule has 0 radical (unpaired) electrons. The van der Waals surface area contributed by atoms with Crippen molar-refractivity contribution in [3.8, 4) is 11.1 Å². The summed E-state index contributed by atoms with van der Waals surface area (Å²) in [5.41, 5.74) is 6.32. The fourth-order valence-electron chi connectivity index (χ4n) is 4.02. The van der Waals surface area contributed by atoms with Gasteiger partial charge in [-0.3, -0.25) is 4.79 Å². The minimum atomic E-state index is 0.244. The van der Waals surface area contributed by atoms with Crippen molar-refractivity contribution in [1.82, 2.24) is 0 Å². The van der Waals surface area contributed by atoms with E-state index in [1.54, 1.807) is 0 Å². The molecule has 1 aliphatic rings. The molecule has 0 fully saturated rings. The lowest BCUT2D eigenvalue weighted by Gasteiger charge is -2.20. The van der Waals surface area contributed by atoms with Gasteiger partial charge in [-0.1, -0.05) is 81.6 Å². The van der Waals surface area contributed by atoms with Crippen LogP contribution in [0.3, 0.4) is 0 Å². The van der Waals surface area contributed by atoms with Gasteiger partial charge >= 0.3 is 0 Å². The van der Waals surface area contributed by atoms with Gasteiger partial charge < -0.3 is 0 Å². The molecule has 0 aliphatic heterocycles. The molecule has 1 aliphatic carbocycles. The third-order valence-corrected chi connectivity index (χ3v) is 5.73. The summed E-state index contributed by atoms with van der Waals surface area (Å²) < 4.78 is 0. The van der Waals surface area contributed by atoms with Crippen molar-refractivity contribution in [3.05, 3.63) is 65.7 Å². The van der Waals surface area contributed by atoms with Crippen LogP contribution in [0.5, 0.6) is 0 Å². The van der Waals surface area contributed by atoms with Crippen LogP contribution in [0.15, 0.2) is 54.6 Å². The molecule has 1 heteroatoms. The molecule has 3 rings (SSSR count). The van der Waals surface area contributed by atoms with Gasteiger partial charge in [0.1, 0.15) is 0 Å². The van der Waals surface area contributed by atoms with Crippen molar-refractivity contribution in [2.24, 2.45) is 5.92 Å². The Bertz CT molecular complexity index is 765. The standard InChI is InChI=1S/C26H32O/c1-3-5-6-8-20-9-11-21(12-10-20)22-13-15-23(16-14-22)25-18-17-24(7-4-2)26(27)19-25/h9-16,19,24H,3-8,17-18H2,1-2H3/t24-/m1/s1. The number of unbranched alkanes of at least 4 members (excludes halogenated alkanes) is 2. The Balaban J connectivity index is 1.67. The predicted molar refractivity (Wildman–Crippen MR) is 116 cm³/mol. The average molecular weight is 361 g/mol. The van der Waals surface area contributed by atoms with E-state index in [2.05, 4.69) is 62.4 Å². The number of benzene rings is 2. The summed E-state index contributed by atoms with van der Waals surface area (Å²) in [7, 11) is 0. The molecule has 2 aromatic rings. The van der Waals surface area contributed by atoms with Gasteiger partial charge in [0.15, 0.2) is 5.78 Å². The van der Waals surface area contributed by atoms with Crippen molar-refractivity contribution in [2.45, 2.75) is 65.2 Å². The van der Waals surface area contributed by atoms with Crippen LogP contribution >= 0.6 is 0 Å². The molecule has 27 heavy (non-hydrogen) atoms. The first-order valence-corrected chi connectivity index (χ1v) is 10.7. The second kappa shape index (κ2) is 9.69. The van der Waals surface area contributed by atoms with Crippen LogP contribution in [0.4, 0.5) is 0 Å². The maximum Gasteiger partial charge on any atom is 0.159 e. The van der Waals surface area contributed by atoms with E-state index in [1.807, 2.05) is 6.08 Å². The molecule has 0 spiro atoms. The predicted octanol–water partition coefficient (Wildman–Crippen LogP) is 7.25. The minimum Gasteiger partial charge on any atom is -0.295 e. The van der Waals surface area contributed by atoms with Crippen LogP contribution in [-0.2, 0) is 11.2 Å². The Hall–Kier alpha value is -2.15. The van der Waals surface area contributed by atoms with Gasteiger partial charge in [0.05, 0.1) is 0 Å².